The van der Waals surface area contributed by atoms with Gasteiger partial charge in [-0.2, -0.15) is 0 Å². The predicted octanol–water partition coefficient (Wildman–Crippen LogP) is 2.28. The minimum atomic E-state index is -0.621. The second-order valence-corrected chi connectivity index (χ2v) is 7.52. The van der Waals surface area contributed by atoms with E-state index in [2.05, 4.69) is 0 Å². The standard InChI is InChI=1S/C17H25BO4/c1-15(2)16(3,4)22-18(21-15)13-6-8-14(9-7-13)20-12-17(19)10-5-11-17/h6-9,19H,5,10-12H2,1-4H3. The van der Waals surface area contributed by atoms with Crippen LogP contribution in [-0.2, 0) is 9.31 Å². The SMILES string of the molecule is CC1(C)OB(c2ccc(OCC3(O)CCC3)cc2)OC1(C)C. The van der Waals surface area contributed by atoms with Gasteiger partial charge in [-0.15, -0.1) is 0 Å². The molecule has 1 aromatic carbocycles. The molecule has 22 heavy (non-hydrogen) atoms. The molecule has 0 aromatic heterocycles. The average Bonchev–Trinajstić information content (AvgIpc) is 2.64. The first-order valence-corrected chi connectivity index (χ1v) is 8.02. The molecule has 5 heteroatoms. The molecule has 0 radical (unpaired) electrons. The summed E-state index contributed by atoms with van der Waals surface area (Å²) >= 11 is 0. The summed E-state index contributed by atoms with van der Waals surface area (Å²) in [6, 6.07) is 7.73. The predicted molar refractivity (Wildman–Crippen MR) is 86.5 cm³/mol. The number of hydrogen-bond donors (Lipinski definition) is 1. The van der Waals surface area contributed by atoms with Crippen LogP contribution < -0.4 is 10.2 Å². The van der Waals surface area contributed by atoms with Crippen LogP contribution in [0.15, 0.2) is 24.3 Å². The minimum absolute atomic E-state index is 0.333. The first-order chi connectivity index (χ1) is 10.2. The molecule has 0 amide bonds. The lowest BCUT2D eigenvalue weighted by Crippen LogP contribution is -2.42. The maximum Gasteiger partial charge on any atom is 0.494 e. The van der Waals surface area contributed by atoms with E-state index in [0.29, 0.717) is 6.61 Å². The van der Waals surface area contributed by atoms with Gasteiger partial charge in [0.25, 0.3) is 0 Å². The highest BCUT2D eigenvalue weighted by Crippen LogP contribution is 2.36. The lowest BCUT2D eigenvalue weighted by Gasteiger charge is -2.36. The van der Waals surface area contributed by atoms with Crippen LogP contribution in [0.2, 0.25) is 0 Å². The van der Waals surface area contributed by atoms with E-state index in [1.54, 1.807) is 0 Å². The van der Waals surface area contributed by atoms with Crippen molar-refractivity contribution in [2.75, 3.05) is 6.61 Å². The van der Waals surface area contributed by atoms with E-state index in [0.717, 1.165) is 30.5 Å². The Balaban J connectivity index is 1.62. The van der Waals surface area contributed by atoms with Gasteiger partial charge in [-0.05, 0) is 64.6 Å². The summed E-state index contributed by atoms with van der Waals surface area (Å²) in [6.07, 6.45) is 2.75. The summed E-state index contributed by atoms with van der Waals surface area (Å²) in [6.45, 7) is 8.55. The Morgan fingerprint density at radius 1 is 1.05 bits per heavy atom. The van der Waals surface area contributed by atoms with E-state index in [9.17, 15) is 5.11 Å². The van der Waals surface area contributed by atoms with Gasteiger partial charge in [-0.1, -0.05) is 12.1 Å². The molecule has 1 N–H and O–H groups in total. The van der Waals surface area contributed by atoms with Crippen LogP contribution in [0.4, 0.5) is 0 Å². The summed E-state index contributed by atoms with van der Waals surface area (Å²) in [7, 11) is -0.352. The van der Waals surface area contributed by atoms with Gasteiger partial charge in [0.2, 0.25) is 0 Å². The number of ether oxygens (including phenoxy) is 1. The van der Waals surface area contributed by atoms with Gasteiger partial charge in [0.15, 0.2) is 0 Å². The first-order valence-electron chi connectivity index (χ1n) is 8.02. The number of rotatable bonds is 4. The number of aliphatic hydroxyl groups is 1. The van der Waals surface area contributed by atoms with Crippen LogP contribution in [0.3, 0.4) is 0 Å². The molecule has 4 nitrogen and oxygen atoms in total. The minimum Gasteiger partial charge on any atom is -0.491 e. The van der Waals surface area contributed by atoms with Crippen molar-refractivity contribution < 1.29 is 19.2 Å². The molecule has 1 aliphatic heterocycles. The first kappa shape index (κ1) is 15.8. The molecule has 2 fully saturated rings. The molecule has 2 aliphatic rings. The van der Waals surface area contributed by atoms with E-state index < -0.39 is 5.60 Å². The largest absolute Gasteiger partial charge is 0.494 e. The molecule has 1 saturated carbocycles. The Hall–Kier alpha value is -1.04. The zero-order chi connectivity index (χ0) is 16.0. The Kier molecular flexibility index (Phi) is 3.79. The van der Waals surface area contributed by atoms with Gasteiger partial charge in [0.05, 0.1) is 16.8 Å². The van der Waals surface area contributed by atoms with Crippen LogP contribution in [0.25, 0.3) is 0 Å². The quantitative estimate of drug-likeness (QED) is 0.867. The van der Waals surface area contributed by atoms with Gasteiger partial charge in [0, 0.05) is 0 Å². The van der Waals surface area contributed by atoms with Gasteiger partial charge in [-0.3, -0.25) is 0 Å². The van der Waals surface area contributed by atoms with Crippen molar-refractivity contribution in [2.45, 2.75) is 63.8 Å². The Morgan fingerprint density at radius 2 is 1.59 bits per heavy atom. The topological polar surface area (TPSA) is 47.9 Å². The highest BCUT2D eigenvalue weighted by atomic mass is 16.7. The summed E-state index contributed by atoms with van der Waals surface area (Å²) in [5, 5.41) is 10.0. The average molecular weight is 304 g/mol. The van der Waals surface area contributed by atoms with E-state index in [4.69, 9.17) is 14.0 Å². The third-order valence-corrected chi connectivity index (χ3v) is 5.20. The molecule has 1 aliphatic carbocycles. The Morgan fingerprint density at radius 3 is 2.05 bits per heavy atom. The molecule has 1 saturated heterocycles. The van der Waals surface area contributed by atoms with E-state index in [1.165, 1.54) is 0 Å². The van der Waals surface area contributed by atoms with E-state index in [1.807, 2.05) is 52.0 Å². The summed E-state index contributed by atoms with van der Waals surface area (Å²) < 4.78 is 17.7. The van der Waals surface area contributed by atoms with Crippen molar-refractivity contribution in [3.63, 3.8) is 0 Å². The summed E-state index contributed by atoms with van der Waals surface area (Å²) in [5.41, 5.74) is -0.307. The highest BCUT2D eigenvalue weighted by molar-refractivity contribution is 6.62. The molecule has 0 bridgehead atoms. The van der Waals surface area contributed by atoms with Gasteiger partial charge < -0.3 is 19.2 Å². The fourth-order valence-corrected chi connectivity index (χ4v) is 2.65. The van der Waals surface area contributed by atoms with Gasteiger partial charge in [0.1, 0.15) is 12.4 Å². The lowest BCUT2D eigenvalue weighted by molar-refractivity contribution is -0.0663. The van der Waals surface area contributed by atoms with Crippen molar-refractivity contribution in [3.05, 3.63) is 24.3 Å². The Bertz CT molecular complexity index is 518. The van der Waals surface area contributed by atoms with Crippen molar-refractivity contribution >= 4 is 12.6 Å². The lowest BCUT2D eigenvalue weighted by atomic mass is 9.79. The van der Waals surface area contributed by atoms with Crippen LogP contribution in [0.5, 0.6) is 5.75 Å². The fourth-order valence-electron chi connectivity index (χ4n) is 2.65. The normalized spacial score (nSPS) is 24.9. The van der Waals surface area contributed by atoms with Crippen LogP contribution in [0, 0.1) is 0 Å². The molecular formula is C17H25BO4. The molecule has 1 aromatic rings. The molecule has 1 heterocycles. The van der Waals surface area contributed by atoms with Crippen molar-refractivity contribution in [1.82, 2.24) is 0 Å². The number of benzene rings is 1. The highest BCUT2D eigenvalue weighted by Gasteiger charge is 2.51. The molecule has 0 unspecified atom stereocenters. The molecule has 120 valence electrons. The van der Waals surface area contributed by atoms with Crippen LogP contribution >= 0.6 is 0 Å². The van der Waals surface area contributed by atoms with Crippen LogP contribution in [0.1, 0.15) is 47.0 Å². The molecular weight excluding hydrogens is 279 g/mol. The third-order valence-electron chi connectivity index (χ3n) is 5.20. The Labute approximate surface area is 132 Å². The zero-order valence-electron chi connectivity index (χ0n) is 13.9. The fraction of sp³-hybridized carbons (Fsp3) is 0.647. The molecule has 0 atom stereocenters. The zero-order valence-corrected chi connectivity index (χ0v) is 13.9. The summed E-state index contributed by atoms with van der Waals surface area (Å²) in [4.78, 5) is 0. The van der Waals surface area contributed by atoms with Crippen LogP contribution in [-0.4, -0.2) is 35.6 Å². The smallest absolute Gasteiger partial charge is 0.491 e. The van der Waals surface area contributed by atoms with E-state index >= 15 is 0 Å². The summed E-state index contributed by atoms with van der Waals surface area (Å²) in [5.74, 6) is 0.764. The monoisotopic (exact) mass is 304 g/mol. The van der Waals surface area contributed by atoms with Crippen molar-refractivity contribution in [3.8, 4) is 5.75 Å². The molecule has 3 rings (SSSR count). The second-order valence-electron chi connectivity index (χ2n) is 7.52. The molecule has 0 spiro atoms. The number of hydrogen-bond acceptors (Lipinski definition) is 4. The second kappa shape index (κ2) is 5.26. The maximum atomic E-state index is 10.0. The van der Waals surface area contributed by atoms with Gasteiger partial charge >= 0.3 is 7.12 Å². The van der Waals surface area contributed by atoms with Crippen molar-refractivity contribution in [1.29, 1.82) is 0 Å². The van der Waals surface area contributed by atoms with Crippen molar-refractivity contribution in [2.24, 2.45) is 0 Å². The third kappa shape index (κ3) is 2.90. The maximum absolute atomic E-state index is 10.0. The van der Waals surface area contributed by atoms with E-state index in [-0.39, 0.29) is 18.3 Å². The van der Waals surface area contributed by atoms with Gasteiger partial charge in [-0.25, -0.2) is 0 Å².